The zero-order chi connectivity index (χ0) is 15.2. The van der Waals surface area contributed by atoms with Gasteiger partial charge < -0.3 is 19.9 Å². The molecule has 0 bridgehead atoms. The molecule has 2 rings (SSSR count). The standard InChI is InChI=1S/C14H19N3O3S/c1-2-20-14(19)17-9-7-16(8-10-17)13(18)15-11-5-3-4-6-12(11)21/h3-6,21H,2,7-10H2,1H3,(H,15,18). The molecule has 0 unspecified atom stereocenters. The fourth-order valence-electron chi connectivity index (χ4n) is 2.08. The van der Waals surface area contributed by atoms with E-state index in [2.05, 4.69) is 17.9 Å². The highest BCUT2D eigenvalue weighted by molar-refractivity contribution is 7.80. The molecule has 1 aliphatic heterocycles. The summed E-state index contributed by atoms with van der Waals surface area (Å²) in [6, 6.07) is 7.14. The summed E-state index contributed by atoms with van der Waals surface area (Å²) in [5.41, 5.74) is 0.679. The predicted molar refractivity (Wildman–Crippen MR) is 82.9 cm³/mol. The van der Waals surface area contributed by atoms with Gasteiger partial charge in [-0.15, -0.1) is 12.6 Å². The molecule has 1 aromatic carbocycles. The van der Waals surface area contributed by atoms with E-state index in [-0.39, 0.29) is 12.1 Å². The van der Waals surface area contributed by atoms with Crippen molar-refractivity contribution in [1.29, 1.82) is 0 Å². The molecule has 0 aromatic heterocycles. The fourth-order valence-corrected chi connectivity index (χ4v) is 2.30. The largest absolute Gasteiger partial charge is 0.450 e. The summed E-state index contributed by atoms with van der Waals surface area (Å²) in [4.78, 5) is 27.8. The maximum absolute atomic E-state index is 12.2. The summed E-state index contributed by atoms with van der Waals surface area (Å²) >= 11 is 4.30. The molecule has 0 radical (unpaired) electrons. The molecule has 0 spiro atoms. The third-order valence-electron chi connectivity index (χ3n) is 3.24. The van der Waals surface area contributed by atoms with Crippen LogP contribution in [0.1, 0.15) is 6.92 Å². The minimum atomic E-state index is -0.321. The van der Waals surface area contributed by atoms with E-state index in [1.165, 1.54) is 0 Å². The number of piperazine rings is 1. The topological polar surface area (TPSA) is 61.9 Å². The average Bonchev–Trinajstić information content (AvgIpc) is 2.50. The number of ether oxygens (including phenoxy) is 1. The summed E-state index contributed by atoms with van der Waals surface area (Å²) in [5, 5.41) is 2.83. The van der Waals surface area contributed by atoms with Crippen LogP contribution in [0.3, 0.4) is 0 Å². The first-order valence-corrected chi connectivity index (χ1v) is 7.32. The zero-order valence-electron chi connectivity index (χ0n) is 11.9. The predicted octanol–water partition coefficient (Wildman–Crippen LogP) is 2.28. The number of nitrogens with one attached hydrogen (secondary N) is 1. The van der Waals surface area contributed by atoms with Crippen LogP contribution >= 0.6 is 12.6 Å². The van der Waals surface area contributed by atoms with E-state index in [1.807, 2.05) is 18.2 Å². The number of urea groups is 1. The first-order valence-electron chi connectivity index (χ1n) is 6.87. The lowest BCUT2D eigenvalue weighted by molar-refractivity contribution is 0.0868. The minimum absolute atomic E-state index is 0.181. The molecular formula is C14H19N3O3S. The highest BCUT2D eigenvalue weighted by Crippen LogP contribution is 2.19. The molecule has 0 aliphatic carbocycles. The Morgan fingerprint density at radius 3 is 2.43 bits per heavy atom. The summed E-state index contributed by atoms with van der Waals surface area (Å²) in [6.45, 7) is 4.07. The van der Waals surface area contributed by atoms with Crippen molar-refractivity contribution < 1.29 is 14.3 Å². The third kappa shape index (κ3) is 4.04. The van der Waals surface area contributed by atoms with Gasteiger partial charge in [-0.1, -0.05) is 12.1 Å². The zero-order valence-corrected chi connectivity index (χ0v) is 12.8. The van der Waals surface area contributed by atoms with Crippen LogP contribution in [0.2, 0.25) is 0 Å². The smallest absolute Gasteiger partial charge is 0.409 e. The lowest BCUT2D eigenvalue weighted by Gasteiger charge is -2.34. The van der Waals surface area contributed by atoms with Crippen molar-refractivity contribution in [3.63, 3.8) is 0 Å². The van der Waals surface area contributed by atoms with Gasteiger partial charge in [0.05, 0.1) is 12.3 Å². The number of amides is 3. The number of thiol groups is 1. The molecule has 1 fully saturated rings. The number of hydrogen-bond donors (Lipinski definition) is 2. The molecule has 1 saturated heterocycles. The molecule has 0 atom stereocenters. The van der Waals surface area contributed by atoms with E-state index in [4.69, 9.17) is 4.74 Å². The van der Waals surface area contributed by atoms with Crippen LogP contribution in [0, 0.1) is 0 Å². The van der Waals surface area contributed by atoms with Gasteiger partial charge in [-0.25, -0.2) is 9.59 Å². The van der Waals surface area contributed by atoms with Crippen LogP contribution in [-0.4, -0.2) is 54.7 Å². The molecule has 6 nitrogen and oxygen atoms in total. The Hall–Kier alpha value is -1.89. The van der Waals surface area contributed by atoms with Gasteiger partial charge in [0, 0.05) is 31.1 Å². The van der Waals surface area contributed by atoms with Gasteiger partial charge in [-0.3, -0.25) is 0 Å². The Morgan fingerprint density at radius 2 is 1.81 bits per heavy atom. The second-order valence-corrected chi connectivity index (χ2v) is 5.10. The molecule has 1 N–H and O–H groups in total. The highest BCUT2D eigenvalue weighted by Gasteiger charge is 2.24. The van der Waals surface area contributed by atoms with E-state index in [9.17, 15) is 9.59 Å². The fraction of sp³-hybridized carbons (Fsp3) is 0.429. The number of rotatable bonds is 2. The first-order chi connectivity index (χ1) is 10.1. The van der Waals surface area contributed by atoms with E-state index in [0.29, 0.717) is 38.5 Å². The van der Waals surface area contributed by atoms with Crippen LogP contribution in [0.4, 0.5) is 15.3 Å². The number of carbonyl (C=O) groups is 2. The Morgan fingerprint density at radius 1 is 1.19 bits per heavy atom. The highest BCUT2D eigenvalue weighted by atomic mass is 32.1. The van der Waals surface area contributed by atoms with Crippen molar-refractivity contribution in [2.45, 2.75) is 11.8 Å². The van der Waals surface area contributed by atoms with Crippen LogP contribution in [0.5, 0.6) is 0 Å². The van der Waals surface area contributed by atoms with Gasteiger partial charge in [-0.2, -0.15) is 0 Å². The number of hydrogen-bond acceptors (Lipinski definition) is 4. The van der Waals surface area contributed by atoms with Gasteiger partial charge in [0.1, 0.15) is 0 Å². The molecule has 1 aromatic rings. The molecule has 114 valence electrons. The Bertz CT molecular complexity index is 516. The maximum Gasteiger partial charge on any atom is 0.409 e. The number of carbonyl (C=O) groups excluding carboxylic acids is 2. The number of benzene rings is 1. The van der Waals surface area contributed by atoms with Crippen molar-refractivity contribution in [3.8, 4) is 0 Å². The third-order valence-corrected chi connectivity index (χ3v) is 3.63. The van der Waals surface area contributed by atoms with Gasteiger partial charge >= 0.3 is 12.1 Å². The molecule has 1 aliphatic rings. The van der Waals surface area contributed by atoms with Crippen LogP contribution in [-0.2, 0) is 4.74 Å². The Kier molecular flexibility index (Phi) is 5.32. The van der Waals surface area contributed by atoms with Crippen molar-refractivity contribution in [1.82, 2.24) is 9.80 Å². The van der Waals surface area contributed by atoms with Crippen molar-refractivity contribution >= 4 is 30.4 Å². The van der Waals surface area contributed by atoms with Gasteiger partial charge in [0.15, 0.2) is 0 Å². The molecular weight excluding hydrogens is 290 g/mol. The lowest BCUT2D eigenvalue weighted by Crippen LogP contribution is -2.51. The molecule has 0 saturated carbocycles. The SMILES string of the molecule is CCOC(=O)N1CCN(C(=O)Nc2ccccc2S)CC1. The van der Waals surface area contributed by atoms with Crippen LogP contribution < -0.4 is 5.32 Å². The van der Waals surface area contributed by atoms with Crippen LogP contribution in [0.15, 0.2) is 29.2 Å². The minimum Gasteiger partial charge on any atom is -0.450 e. The monoisotopic (exact) mass is 309 g/mol. The number of anilines is 1. The summed E-state index contributed by atoms with van der Waals surface area (Å²) in [5.74, 6) is 0. The van der Waals surface area contributed by atoms with Gasteiger partial charge in [0.25, 0.3) is 0 Å². The summed E-state index contributed by atoms with van der Waals surface area (Å²) in [7, 11) is 0. The van der Waals surface area contributed by atoms with E-state index < -0.39 is 0 Å². The van der Waals surface area contributed by atoms with E-state index >= 15 is 0 Å². The molecule has 1 heterocycles. The molecule has 3 amide bonds. The maximum atomic E-state index is 12.2. The second kappa shape index (κ2) is 7.21. The van der Waals surface area contributed by atoms with Crippen molar-refractivity contribution in [2.24, 2.45) is 0 Å². The molecule has 21 heavy (non-hydrogen) atoms. The van der Waals surface area contributed by atoms with Gasteiger partial charge in [-0.05, 0) is 19.1 Å². The quantitative estimate of drug-likeness (QED) is 0.824. The Labute approximate surface area is 129 Å². The summed E-state index contributed by atoms with van der Waals surface area (Å²) in [6.07, 6.45) is -0.321. The Balaban J connectivity index is 1.86. The molecule has 7 heteroatoms. The average molecular weight is 309 g/mol. The normalized spacial score (nSPS) is 14.8. The van der Waals surface area contributed by atoms with E-state index in [1.54, 1.807) is 22.8 Å². The first kappa shape index (κ1) is 15.5. The number of para-hydroxylation sites is 1. The van der Waals surface area contributed by atoms with Crippen molar-refractivity contribution in [3.05, 3.63) is 24.3 Å². The van der Waals surface area contributed by atoms with Gasteiger partial charge in [0.2, 0.25) is 0 Å². The summed E-state index contributed by atoms with van der Waals surface area (Å²) < 4.78 is 4.95. The van der Waals surface area contributed by atoms with Crippen LogP contribution in [0.25, 0.3) is 0 Å². The number of nitrogens with zero attached hydrogens (tertiary/aromatic N) is 2. The second-order valence-electron chi connectivity index (χ2n) is 4.62. The lowest BCUT2D eigenvalue weighted by atomic mass is 10.3. The van der Waals surface area contributed by atoms with Crippen molar-refractivity contribution in [2.75, 3.05) is 38.1 Å². The van der Waals surface area contributed by atoms with E-state index in [0.717, 1.165) is 4.90 Å².